The lowest BCUT2D eigenvalue weighted by atomic mass is 10.1. The van der Waals surface area contributed by atoms with Gasteiger partial charge >= 0.3 is 0 Å². The molecule has 9 nitrogen and oxygen atoms in total. The molecular weight excluding hydrogens is 386 g/mol. The number of aryl methyl sites for hydroxylation is 1. The maximum atomic E-state index is 11.4. The first-order valence-electron chi connectivity index (χ1n) is 8.12. The molecule has 0 heterocycles. The fraction of sp³-hybridized carbons (Fsp3) is 0.111. The van der Waals surface area contributed by atoms with Crippen molar-refractivity contribution in [3.63, 3.8) is 0 Å². The summed E-state index contributed by atoms with van der Waals surface area (Å²) in [4.78, 5) is 10.2. The Morgan fingerprint density at radius 2 is 1.79 bits per heavy atom. The van der Waals surface area contributed by atoms with E-state index in [9.17, 15) is 28.2 Å². The third kappa shape index (κ3) is 3.97. The summed E-state index contributed by atoms with van der Waals surface area (Å²) in [5, 5.41) is 30.0. The van der Waals surface area contributed by atoms with Gasteiger partial charge in [-0.15, -0.1) is 5.11 Å². The number of benzene rings is 3. The minimum absolute atomic E-state index is 0.0208. The van der Waals surface area contributed by atoms with Crippen LogP contribution in [0.3, 0.4) is 0 Å². The van der Waals surface area contributed by atoms with E-state index in [-0.39, 0.29) is 33.1 Å². The van der Waals surface area contributed by atoms with Gasteiger partial charge in [0, 0.05) is 17.5 Å². The van der Waals surface area contributed by atoms with Gasteiger partial charge in [-0.2, -0.15) is 13.5 Å². The van der Waals surface area contributed by atoms with Gasteiger partial charge in [0.2, 0.25) is 0 Å². The molecule has 0 atom stereocenters. The van der Waals surface area contributed by atoms with E-state index in [1.807, 2.05) is 6.92 Å². The number of non-ortho nitro benzene ring substituents is 1. The Morgan fingerprint density at radius 1 is 1.07 bits per heavy atom. The largest absolute Gasteiger partial charge is 0.506 e. The summed E-state index contributed by atoms with van der Waals surface area (Å²) in [5.41, 5.74) is 0.754. The second-order valence-corrected chi connectivity index (χ2v) is 7.38. The maximum Gasteiger partial charge on any atom is 0.294 e. The van der Waals surface area contributed by atoms with Crippen LogP contribution in [0.2, 0.25) is 0 Å². The summed E-state index contributed by atoms with van der Waals surface area (Å²) in [7, 11) is -4.44. The third-order valence-electron chi connectivity index (χ3n) is 4.09. The molecule has 0 aromatic heterocycles. The standard InChI is InChI=1S/C18H15N3O6S/c1-2-11-7-13(9-14(8-11)21(23)24)19-20-18-16-10-15(28(25,26)27)5-3-12(16)4-6-17(18)22/h3-10,22H,2H2,1H3,(H,25,26,27). The number of azo groups is 1. The van der Waals surface area contributed by atoms with Crippen LogP contribution in [0.5, 0.6) is 5.75 Å². The monoisotopic (exact) mass is 401 g/mol. The van der Waals surface area contributed by atoms with Crippen molar-refractivity contribution in [2.75, 3.05) is 0 Å². The Balaban J connectivity index is 2.15. The van der Waals surface area contributed by atoms with Crippen molar-refractivity contribution in [1.29, 1.82) is 0 Å². The average Bonchev–Trinajstić information content (AvgIpc) is 2.65. The number of hydrogen-bond acceptors (Lipinski definition) is 7. The first-order valence-corrected chi connectivity index (χ1v) is 9.56. The molecule has 0 aliphatic carbocycles. The van der Waals surface area contributed by atoms with E-state index in [0.717, 1.165) is 0 Å². The number of aromatic hydroxyl groups is 1. The van der Waals surface area contributed by atoms with Crippen LogP contribution >= 0.6 is 0 Å². The molecule has 2 N–H and O–H groups in total. The van der Waals surface area contributed by atoms with Crippen molar-refractivity contribution in [3.05, 3.63) is 64.2 Å². The van der Waals surface area contributed by atoms with Crippen molar-refractivity contribution in [2.24, 2.45) is 10.2 Å². The second-order valence-electron chi connectivity index (χ2n) is 5.96. The molecule has 0 radical (unpaired) electrons. The van der Waals surface area contributed by atoms with Gasteiger partial charge in [-0.05, 0) is 41.6 Å². The van der Waals surface area contributed by atoms with Gasteiger partial charge in [-0.25, -0.2) is 0 Å². The molecule has 0 aliphatic rings. The molecule has 144 valence electrons. The first-order chi connectivity index (χ1) is 13.2. The van der Waals surface area contributed by atoms with Gasteiger partial charge < -0.3 is 5.11 Å². The second kappa shape index (κ2) is 7.33. The lowest BCUT2D eigenvalue weighted by molar-refractivity contribution is -0.384. The van der Waals surface area contributed by atoms with Crippen LogP contribution in [0.25, 0.3) is 10.8 Å². The van der Waals surface area contributed by atoms with E-state index in [1.165, 1.54) is 36.4 Å². The van der Waals surface area contributed by atoms with Crippen LogP contribution in [-0.4, -0.2) is 23.0 Å². The number of nitro groups is 1. The van der Waals surface area contributed by atoms with Crippen molar-refractivity contribution in [1.82, 2.24) is 0 Å². The highest BCUT2D eigenvalue weighted by atomic mass is 32.2. The fourth-order valence-electron chi connectivity index (χ4n) is 2.67. The van der Waals surface area contributed by atoms with Gasteiger partial charge in [0.15, 0.2) is 0 Å². The topological polar surface area (TPSA) is 142 Å². The zero-order valence-corrected chi connectivity index (χ0v) is 15.4. The van der Waals surface area contributed by atoms with Gasteiger partial charge in [-0.3, -0.25) is 14.7 Å². The first kappa shape index (κ1) is 19.4. The van der Waals surface area contributed by atoms with Crippen LogP contribution in [0.15, 0.2) is 63.7 Å². The van der Waals surface area contributed by atoms with Gasteiger partial charge in [0.25, 0.3) is 15.8 Å². The van der Waals surface area contributed by atoms with Gasteiger partial charge in [0.1, 0.15) is 11.4 Å². The predicted molar refractivity (Wildman–Crippen MR) is 102 cm³/mol. The highest BCUT2D eigenvalue weighted by Gasteiger charge is 2.14. The summed E-state index contributed by atoms with van der Waals surface area (Å²) in [5.74, 6) is -0.259. The molecule has 3 aromatic carbocycles. The molecular formula is C18H15N3O6S. The van der Waals surface area contributed by atoms with E-state index in [2.05, 4.69) is 10.2 Å². The fourth-order valence-corrected chi connectivity index (χ4v) is 3.18. The molecule has 0 saturated carbocycles. The number of nitrogens with zero attached hydrogens (tertiary/aromatic N) is 3. The Bertz CT molecular complexity index is 1220. The van der Waals surface area contributed by atoms with Crippen LogP contribution in [0.1, 0.15) is 12.5 Å². The molecule has 0 unspecified atom stereocenters. The SMILES string of the molecule is CCc1cc(N=Nc2c(O)ccc3ccc(S(=O)(=O)O)cc23)cc([N+](=O)[O-])c1. The molecule has 28 heavy (non-hydrogen) atoms. The Labute approximate surface area is 159 Å². The number of nitro benzene ring substituents is 1. The van der Waals surface area contributed by atoms with Gasteiger partial charge in [0.05, 0.1) is 15.5 Å². The van der Waals surface area contributed by atoms with Crippen molar-refractivity contribution < 1.29 is 23.0 Å². The van der Waals surface area contributed by atoms with E-state index in [1.54, 1.807) is 12.1 Å². The quantitative estimate of drug-likeness (QED) is 0.275. The van der Waals surface area contributed by atoms with Gasteiger partial charge in [-0.1, -0.05) is 19.1 Å². The number of rotatable bonds is 5. The minimum Gasteiger partial charge on any atom is -0.506 e. The molecule has 3 rings (SSSR count). The smallest absolute Gasteiger partial charge is 0.294 e. The highest BCUT2D eigenvalue weighted by molar-refractivity contribution is 7.85. The maximum absolute atomic E-state index is 11.4. The molecule has 0 amide bonds. The lowest BCUT2D eigenvalue weighted by Gasteiger charge is -2.06. The summed E-state index contributed by atoms with van der Waals surface area (Å²) in [6.45, 7) is 1.84. The van der Waals surface area contributed by atoms with E-state index < -0.39 is 15.0 Å². The molecule has 0 bridgehead atoms. The summed E-state index contributed by atoms with van der Waals surface area (Å²) in [6, 6.07) is 11.1. The molecule has 0 fully saturated rings. The van der Waals surface area contributed by atoms with Crippen LogP contribution in [0, 0.1) is 10.1 Å². The minimum atomic E-state index is -4.44. The van der Waals surface area contributed by atoms with Crippen molar-refractivity contribution in [3.8, 4) is 5.75 Å². The van der Waals surface area contributed by atoms with E-state index >= 15 is 0 Å². The third-order valence-corrected chi connectivity index (χ3v) is 4.94. The molecule has 0 aliphatic heterocycles. The number of hydrogen-bond donors (Lipinski definition) is 2. The Morgan fingerprint density at radius 3 is 2.43 bits per heavy atom. The highest BCUT2D eigenvalue weighted by Crippen LogP contribution is 2.37. The van der Waals surface area contributed by atoms with Crippen molar-refractivity contribution >= 4 is 38.0 Å². The van der Waals surface area contributed by atoms with E-state index in [0.29, 0.717) is 17.4 Å². The average molecular weight is 401 g/mol. The van der Waals surface area contributed by atoms with Crippen LogP contribution in [-0.2, 0) is 16.5 Å². The molecule has 0 spiro atoms. The summed E-state index contributed by atoms with van der Waals surface area (Å²) >= 11 is 0. The zero-order valence-electron chi connectivity index (χ0n) is 14.6. The van der Waals surface area contributed by atoms with E-state index in [4.69, 9.17) is 0 Å². The molecule has 10 heteroatoms. The Hall–Kier alpha value is -3.37. The predicted octanol–water partition coefficient (Wildman–Crippen LogP) is 4.68. The van der Waals surface area contributed by atoms with Crippen LogP contribution in [0.4, 0.5) is 17.1 Å². The Kier molecular flexibility index (Phi) is 5.08. The number of phenolic OH excluding ortho intramolecular Hbond substituents is 1. The molecule has 3 aromatic rings. The number of fused-ring (bicyclic) bond motifs is 1. The zero-order chi connectivity index (χ0) is 20.5. The normalized spacial score (nSPS) is 11.9. The van der Waals surface area contributed by atoms with Crippen LogP contribution < -0.4 is 0 Å². The van der Waals surface area contributed by atoms with Crippen molar-refractivity contribution in [2.45, 2.75) is 18.2 Å². The lowest BCUT2D eigenvalue weighted by Crippen LogP contribution is -1.97. The summed E-state index contributed by atoms with van der Waals surface area (Å²) in [6.07, 6.45) is 0.557. The molecule has 0 saturated heterocycles. The summed E-state index contributed by atoms with van der Waals surface area (Å²) < 4.78 is 32.0. The number of phenols is 1.